The van der Waals surface area contributed by atoms with E-state index >= 15 is 0 Å². The maximum atomic E-state index is 9.74. The summed E-state index contributed by atoms with van der Waals surface area (Å²) in [5.41, 5.74) is 0. The molecular weight excluding hydrogens is 240 g/mol. The van der Waals surface area contributed by atoms with Gasteiger partial charge in [-0.05, 0) is 12.1 Å². The molecular formula is C12H16O6. The molecule has 6 nitrogen and oxygen atoms in total. The average Bonchev–Trinajstić information content (AvgIpc) is 2.40. The molecule has 0 amide bonds. The first kappa shape index (κ1) is 13.3. The van der Waals surface area contributed by atoms with Gasteiger partial charge in [0.1, 0.15) is 30.2 Å². The van der Waals surface area contributed by atoms with Crippen LogP contribution in [-0.2, 0) is 4.74 Å². The lowest BCUT2D eigenvalue weighted by molar-refractivity contribution is -0.277. The molecule has 0 radical (unpaired) electrons. The zero-order valence-corrected chi connectivity index (χ0v) is 9.59. The fourth-order valence-electron chi connectivity index (χ4n) is 1.80. The SMILES string of the molecule is OC[C@H]1OC(Oc2ccccc2)[C@H](O)[C@@H](O)[C@@H]1O. The summed E-state index contributed by atoms with van der Waals surface area (Å²) in [5.74, 6) is 0.460. The second kappa shape index (κ2) is 5.64. The molecule has 0 spiro atoms. The molecule has 1 unspecified atom stereocenters. The van der Waals surface area contributed by atoms with Gasteiger partial charge in [0.05, 0.1) is 6.61 Å². The van der Waals surface area contributed by atoms with Crippen molar-refractivity contribution >= 4 is 0 Å². The third-order valence-electron chi connectivity index (χ3n) is 2.84. The topological polar surface area (TPSA) is 99.4 Å². The summed E-state index contributed by atoms with van der Waals surface area (Å²) in [6, 6.07) is 8.64. The average molecular weight is 256 g/mol. The van der Waals surface area contributed by atoms with Crippen LogP contribution in [0.25, 0.3) is 0 Å². The Labute approximate surface area is 104 Å². The van der Waals surface area contributed by atoms with Gasteiger partial charge in [0.15, 0.2) is 0 Å². The lowest BCUT2D eigenvalue weighted by Crippen LogP contribution is -2.60. The maximum absolute atomic E-state index is 9.74. The Hall–Kier alpha value is -1.18. The number of hydrogen-bond acceptors (Lipinski definition) is 6. The lowest BCUT2D eigenvalue weighted by atomic mass is 9.99. The fraction of sp³-hybridized carbons (Fsp3) is 0.500. The van der Waals surface area contributed by atoms with E-state index in [1.54, 1.807) is 30.3 Å². The smallest absolute Gasteiger partial charge is 0.229 e. The normalized spacial score (nSPS) is 36.3. The van der Waals surface area contributed by atoms with E-state index in [9.17, 15) is 15.3 Å². The van der Waals surface area contributed by atoms with Crippen LogP contribution in [0.15, 0.2) is 30.3 Å². The lowest BCUT2D eigenvalue weighted by Gasteiger charge is -2.39. The molecule has 1 fully saturated rings. The number of hydrogen-bond donors (Lipinski definition) is 4. The van der Waals surface area contributed by atoms with E-state index in [1.165, 1.54) is 0 Å². The summed E-state index contributed by atoms with van der Waals surface area (Å²) in [7, 11) is 0. The van der Waals surface area contributed by atoms with Crippen LogP contribution in [0.3, 0.4) is 0 Å². The van der Waals surface area contributed by atoms with E-state index < -0.39 is 37.3 Å². The van der Waals surface area contributed by atoms with E-state index in [2.05, 4.69) is 0 Å². The van der Waals surface area contributed by atoms with Crippen molar-refractivity contribution in [1.29, 1.82) is 0 Å². The molecule has 1 aromatic carbocycles. The molecule has 0 aromatic heterocycles. The van der Waals surface area contributed by atoms with E-state index in [0.717, 1.165) is 0 Å². The van der Waals surface area contributed by atoms with E-state index in [4.69, 9.17) is 14.6 Å². The largest absolute Gasteiger partial charge is 0.462 e. The number of para-hydroxylation sites is 1. The third-order valence-corrected chi connectivity index (χ3v) is 2.84. The van der Waals surface area contributed by atoms with Gasteiger partial charge in [0.2, 0.25) is 6.29 Å². The first-order valence-electron chi connectivity index (χ1n) is 5.65. The number of ether oxygens (including phenoxy) is 2. The van der Waals surface area contributed by atoms with Gasteiger partial charge in [0.25, 0.3) is 0 Å². The summed E-state index contributed by atoms with van der Waals surface area (Å²) in [4.78, 5) is 0. The van der Waals surface area contributed by atoms with Crippen LogP contribution in [0.5, 0.6) is 5.75 Å². The van der Waals surface area contributed by atoms with E-state index in [1.807, 2.05) is 0 Å². The Bertz CT molecular complexity index is 368. The van der Waals surface area contributed by atoms with Gasteiger partial charge in [-0.3, -0.25) is 0 Å². The zero-order chi connectivity index (χ0) is 13.1. The summed E-state index contributed by atoms with van der Waals surface area (Å²) < 4.78 is 10.6. The molecule has 0 saturated carbocycles. The van der Waals surface area contributed by atoms with Crippen LogP contribution >= 0.6 is 0 Å². The molecule has 100 valence electrons. The van der Waals surface area contributed by atoms with Crippen molar-refractivity contribution in [2.45, 2.75) is 30.7 Å². The molecule has 1 aliphatic rings. The zero-order valence-electron chi connectivity index (χ0n) is 9.59. The molecule has 1 aliphatic heterocycles. The molecule has 18 heavy (non-hydrogen) atoms. The third kappa shape index (κ3) is 2.63. The standard InChI is InChI=1S/C12H16O6/c13-6-8-9(14)10(15)11(16)12(18-8)17-7-4-2-1-3-5-7/h1-5,8-16H,6H2/t8-,9-,10+,11-,12?/m1/s1. The summed E-state index contributed by atoms with van der Waals surface area (Å²) in [6.07, 6.45) is -6.28. The van der Waals surface area contributed by atoms with Gasteiger partial charge in [-0.15, -0.1) is 0 Å². The van der Waals surface area contributed by atoms with Gasteiger partial charge in [0, 0.05) is 0 Å². The molecule has 1 heterocycles. The number of benzene rings is 1. The Morgan fingerprint density at radius 1 is 1.00 bits per heavy atom. The number of aliphatic hydroxyl groups is 4. The van der Waals surface area contributed by atoms with Gasteiger partial charge in [-0.1, -0.05) is 18.2 Å². The van der Waals surface area contributed by atoms with Crippen LogP contribution in [0.2, 0.25) is 0 Å². The molecule has 2 rings (SSSR count). The Kier molecular flexibility index (Phi) is 4.15. The van der Waals surface area contributed by atoms with Gasteiger partial charge >= 0.3 is 0 Å². The van der Waals surface area contributed by atoms with E-state index in [0.29, 0.717) is 5.75 Å². The maximum Gasteiger partial charge on any atom is 0.229 e. The quantitative estimate of drug-likeness (QED) is 0.546. The highest BCUT2D eigenvalue weighted by Crippen LogP contribution is 2.23. The summed E-state index contributed by atoms with van der Waals surface area (Å²) >= 11 is 0. The summed E-state index contributed by atoms with van der Waals surface area (Å²) in [6.45, 7) is -0.473. The highest BCUT2D eigenvalue weighted by molar-refractivity contribution is 5.21. The van der Waals surface area contributed by atoms with Crippen LogP contribution in [0, 0.1) is 0 Å². The summed E-state index contributed by atoms with van der Waals surface area (Å²) in [5, 5.41) is 37.9. The minimum Gasteiger partial charge on any atom is -0.462 e. The first-order valence-corrected chi connectivity index (χ1v) is 5.65. The first-order chi connectivity index (χ1) is 8.63. The van der Waals surface area contributed by atoms with Gasteiger partial charge in [-0.25, -0.2) is 0 Å². The fourth-order valence-corrected chi connectivity index (χ4v) is 1.80. The minimum absolute atomic E-state index is 0.460. The minimum atomic E-state index is -1.43. The van der Waals surface area contributed by atoms with Crippen LogP contribution in [0.1, 0.15) is 0 Å². The molecule has 5 atom stereocenters. The van der Waals surface area contributed by atoms with E-state index in [-0.39, 0.29) is 0 Å². The molecule has 4 N–H and O–H groups in total. The Morgan fingerprint density at radius 3 is 2.28 bits per heavy atom. The van der Waals surface area contributed by atoms with Crippen LogP contribution in [0.4, 0.5) is 0 Å². The van der Waals surface area contributed by atoms with Crippen molar-refractivity contribution in [2.75, 3.05) is 6.61 Å². The van der Waals surface area contributed by atoms with Crippen molar-refractivity contribution in [3.05, 3.63) is 30.3 Å². The highest BCUT2D eigenvalue weighted by atomic mass is 16.7. The second-order valence-electron chi connectivity index (χ2n) is 4.13. The second-order valence-corrected chi connectivity index (χ2v) is 4.13. The molecule has 0 aliphatic carbocycles. The van der Waals surface area contributed by atoms with Crippen molar-refractivity contribution in [3.63, 3.8) is 0 Å². The number of aliphatic hydroxyl groups excluding tert-OH is 4. The predicted octanol–water partition coefficient (Wildman–Crippen LogP) is -1.13. The monoisotopic (exact) mass is 256 g/mol. The van der Waals surface area contributed by atoms with Crippen molar-refractivity contribution in [2.24, 2.45) is 0 Å². The van der Waals surface area contributed by atoms with Gasteiger partial charge < -0.3 is 29.9 Å². The Balaban J connectivity index is 2.08. The van der Waals surface area contributed by atoms with Crippen molar-refractivity contribution in [3.8, 4) is 5.75 Å². The number of rotatable bonds is 3. The van der Waals surface area contributed by atoms with Gasteiger partial charge in [-0.2, -0.15) is 0 Å². The van der Waals surface area contributed by atoms with Crippen molar-refractivity contribution < 1.29 is 29.9 Å². The Morgan fingerprint density at radius 2 is 1.67 bits per heavy atom. The highest BCUT2D eigenvalue weighted by Gasteiger charge is 2.44. The molecule has 6 heteroatoms. The van der Waals surface area contributed by atoms with Crippen LogP contribution in [-0.4, -0.2) is 57.7 Å². The predicted molar refractivity (Wildman–Crippen MR) is 60.8 cm³/mol. The van der Waals surface area contributed by atoms with Crippen LogP contribution < -0.4 is 4.74 Å². The molecule has 0 bridgehead atoms. The van der Waals surface area contributed by atoms with Crippen molar-refractivity contribution in [1.82, 2.24) is 0 Å². The molecule has 1 saturated heterocycles. The molecule has 1 aromatic rings.